The first-order valence-corrected chi connectivity index (χ1v) is 7.10. The van der Waals surface area contributed by atoms with E-state index in [0.717, 1.165) is 48.5 Å². The molecule has 0 bridgehead atoms. The second-order valence-corrected chi connectivity index (χ2v) is 5.22. The molecule has 0 saturated carbocycles. The van der Waals surface area contributed by atoms with Crippen LogP contribution in [0.4, 0.5) is 5.82 Å². The van der Waals surface area contributed by atoms with E-state index in [1.807, 2.05) is 24.3 Å². The summed E-state index contributed by atoms with van der Waals surface area (Å²) in [5.74, 6) is 1.74. The molecule has 1 heterocycles. The molecule has 0 saturated heterocycles. The Kier molecular flexibility index (Phi) is 5.26. The van der Waals surface area contributed by atoms with E-state index in [9.17, 15) is 0 Å². The molecule has 1 aromatic heterocycles. The summed E-state index contributed by atoms with van der Waals surface area (Å²) >= 11 is 0. The number of aliphatic hydroxyl groups is 1. The van der Waals surface area contributed by atoms with Crippen molar-refractivity contribution in [1.29, 1.82) is 0 Å². The van der Waals surface area contributed by atoms with E-state index in [4.69, 9.17) is 5.11 Å². The van der Waals surface area contributed by atoms with Gasteiger partial charge >= 0.3 is 0 Å². The Hall–Kier alpha value is -1.72. The third-order valence-electron chi connectivity index (χ3n) is 3.13. The summed E-state index contributed by atoms with van der Waals surface area (Å²) in [6.45, 7) is 1.91. The highest BCUT2D eigenvalue weighted by Gasteiger charge is 2.08. The van der Waals surface area contributed by atoms with Gasteiger partial charge in [0.2, 0.25) is 0 Å². The summed E-state index contributed by atoms with van der Waals surface area (Å²) in [5.41, 5.74) is 0.970. The van der Waals surface area contributed by atoms with Crippen molar-refractivity contribution in [2.24, 2.45) is 0 Å². The van der Waals surface area contributed by atoms with Crippen LogP contribution in [0.25, 0.3) is 10.9 Å². The number of para-hydroxylation sites is 1. The molecule has 5 heteroatoms. The molecule has 0 aliphatic carbocycles. The van der Waals surface area contributed by atoms with Crippen LogP contribution in [0.5, 0.6) is 0 Å². The van der Waals surface area contributed by atoms with Crippen LogP contribution in [0.15, 0.2) is 24.3 Å². The minimum atomic E-state index is 0.187. The minimum Gasteiger partial charge on any atom is -0.396 e. The molecule has 2 aromatic rings. The maximum atomic E-state index is 8.88. The van der Waals surface area contributed by atoms with Gasteiger partial charge in [-0.1, -0.05) is 12.1 Å². The van der Waals surface area contributed by atoms with E-state index < -0.39 is 0 Å². The smallest absolute Gasteiger partial charge is 0.137 e. The first-order chi connectivity index (χ1) is 9.70. The third kappa shape index (κ3) is 3.88. The predicted octanol–water partition coefficient (Wildman–Crippen LogP) is 0.111. The van der Waals surface area contributed by atoms with Crippen molar-refractivity contribution >= 4 is 16.7 Å². The number of nitrogens with one attached hydrogen (secondary N) is 2. The molecular formula is C15H23N4O+. The van der Waals surface area contributed by atoms with E-state index in [1.165, 1.54) is 4.90 Å². The van der Waals surface area contributed by atoms with E-state index in [0.29, 0.717) is 0 Å². The zero-order chi connectivity index (χ0) is 14.4. The zero-order valence-corrected chi connectivity index (χ0v) is 12.2. The highest BCUT2D eigenvalue weighted by molar-refractivity contribution is 5.88. The quantitative estimate of drug-likeness (QED) is 0.628. The summed E-state index contributed by atoms with van der Waals surface area (Å²) in [7, 11) is 4.25. The number of hydrogen-bond acceptors (Lipinski definition) is 4. The van der Waals surface area contributed by atoms with Gasteiger partial charge in [0.25, 0.3) is 0 Å². The van der Waals surface area contributed by atoms with Gasteiger partial charge in [-0.05, 0) is 18.6 Å². The maximum absolute atomic E-state index is 8.88. The predicted molar refractivity (Wildman–Crippen MR) is 81.1 cm³/mol. The first kappa shape index (κ1) is 14.7. The van der Waals surface area contributed by atoms with Crippen molar-refractivity contribution in [3.8, 4) is 0 Å². The van der Waals surface area contributed by atoms with Gasteiger partial charge in [-0.3, -0.25) is 0 Å². The number of hydrogen-bond donors (Lipinski definition) is 3. The number of nitrogens with zero attached hydrogens (tertiary/aromatic N) is 2. The molecule has 0 aliphatic heterocycles. The van der Waals surface area contributed by atoms with Gasteiger partial charge in [0.05, 0.1) is 32.6 Å². The van der Waals surface area contributed by atoms with E-state index in [1.54, 1.807) is 0 Å². The third-order valence-corrected chi connectivity index (χ3v) is 3.13. The van der Waals surface area contributed by atoms with Gasteiger partial charge in [0.1, 0.15) is 11.6 Å². The maximum Gasteiger partial charge on any atom is 0.137 e. The van der Waals surface area contributed by atoms with Crippen molar-refractivity contribution in [1.82, 2.24) is 9.97 Å². The summed E-state index contributed by atoms with van der Waals surface area (Å²) < 4.78 is 0. The van der Waals surface area contributed by atoms with Gasteiger partial charge < -0.3 is 15.3 Å². The summed E-state index contributed by atoms with van der Waals surface area (Å²) in [5, 5.41) is 13.2. The van der Waals surface area contributed by atoms with Gasteiger partial charge in [-0.2, -0.15) is 0 Å². The fourth-order valence-corrected chi connectivity index (χ4v) is 2.02. The number of quaternary nitrogens is 1. The van der Waals surface area contributed by atoms with Gasteiger partial charge in [-0.15, -0.1) is 0 Å². The molecule has 20 heavy (non-hydrogen) atoms. The van der Waals surface area contributed by atoms with Crippen LogP contribution in [0.3, 0.4) is 0 Å². The molecule has 0 spiro atoms. The Morgan fingerprint density at radius 1 is 1.20 bits per heavy atom. The molecule has 0 atom stereocenters. The Morgan fingerprint density at radius 2 is 2.00 bits per heavy atom. The second-order valence-electron chi connectivity index (χ2n) is 5.22. The van der Waals surface area contributed by atoms with Crippen molar-refractivity contribution in [2.75, 3.05) is 39.1 Å². The van der Waals surface area contributed by atoms with Crippen molar-refractivity contribution < 1.29 is 10.0 Å². The number of benzene rings is 1. The van der Waals surface area contributed by atoms with Crippen molar-refractivity contribution in [2.45, 2.75) is 12.8 Å². The van der Waals surface area contributed by atoms with E-state index >= 15 is 0 Å². The number of likely N-dealkylation sites (N-methyl/N-ethyl adjacent to an activating group) is 1. The van der Waals surface area contributed by atoms with Gasteiger partial charge in [0.15, 0.2) is 0 Å². The molecule has 0 unspecified atom stereocenters. The molecular weight excluding hydrogens is 252 g/mol. The zero-order valence-electron chi connectivity index (χ0n) is 12.2. The molecule has 0 radical (unpaired) electrons. The lowest BCUT2D eigenvalue weighted by Gasteiger charge is -2.11. The Balaban J connectivity index is 2.26. The standard InChI is InChI=1S/C15H22N4O/c1-19(2)10-8-14-17-13-7-4-3-6-12(13)15(18-14)16-9-5-11-20/h3-4,6-7,20H,5,8-11H2,1-2H3,(H,16,17,18)/p+1. The van der Waals surface area contributed by atoms with Crippen LogP contribution in [0.1, 0.15) is 12.2 Å². The molecule has 1 aromatic carbocycles. The first-order valence-electron chi connectivity index (χ1n) is 7.10. The molecule has 2 rings (SSSR count). The lowest BCUT2D eigenvalue weighted by molar-refractivity contribution is -0.858. The van der Waals surface area contributed by atoms with Crippen LogP contribution in [0, 0.1) is 0 Å². The van der Waals surface area contributed by atoms with Crippen molar-refractivity contribution in [3.63, 3.8) is 0 Å². The SMILES string of the molecule is C[NH+](C)CCc1nc(NCCCO)c2ccccc2n1. The van der Waals surface area contributed by atoms with Crippen LogP contribution in [0.2, 0.25) is 0 Å². The molecule has 3 N–H and O–H groups in total. The second kappa shape index (κ2) is 7.17. The minimum absolute atomic E-state index is 0.187. The Morgan fingerprint density at radius 3 is 2.75 bits per heavy atom. The fourth-order valence-electron chi connectivity index (χ4n) is 2.02. The molecule has 0 fully saturated rings. The molecule has 0 amide bonds. The lowest BCUT2D eigenvalue weighted by Crippen LogP contribution is -3.06. The van der Waals surface area contributed by atoms with Crippen LogP contribution < -0.4 is 10.2 Å². The summed E-state index contributed by atoms with van der Waals surface area (Å²) in [6.07, 6.45) is 1.58. The number of aromatic nitrogens is 2. The normalized spacial score (nSPS) is 11.2. The Labute approximate surface area is 119 Å². The van der Waals surface area contributed by atoms with E-state index in [-0.39, 0.29) is 6.61 Å². The average molecular weight is 275 g/mol. The highest BCUT2D eigenvalue weighted by Crippen LogP contribution is 2.20. The van der Waals surface area contributed by atoms with E-state index in [2.05, 4.69) is 29.4 Å². The average Bonchev–Trinajstić information content (AvgIpc) is 2.45. The lowest BCUT2D eigenvalue weighted by atomic mass is 10.2. The topological polar surface area (TPSA) is 62.5 Å². The molecule has 5 nitrogen and oxygen atoms in total. The summed E-state index contributed by atoms with van der Waals surface area (Å²) in [4.78, 5) is 10.6. The number of rotatable bonds is 7. The fraction of sp³-hybridized carbons (Fsp3) is 0.467. The Bertz CT molecular complexity index is 557. The van der Waals surface area contributed by atoms with Gasteiger partial charge in [0, 0.05) is 18.5 Å². The largest absolute Gasteiger partial charge is 0.396 e. The number of anilines is 1. The molecule has 108 valence electrons. The van der Waals surface area contributed by atoms with Crippen LogP contribution >= 0.6 is 0 Å². The van der Waals surface area contributed by atoms with Gasteiger partial charge in [-0.25, -0.2) is 9.97 Å². The van der Waals surface area contributed by atoms with Crippen LogP contribution in [-0.4, -0.2) is 48.9 Å². The van der Waals surface area contributed by atoms with Crippen LogP contribution in [-0.2, 0) is 6.42 Å². The molecule has 0 aliphatic rings. The highest BCUT2D eigenvalue weighted by atomic mass is 16.3. The number of aliphatic hydroxyl groups excluding tert-OH is 1. The summed E-state index contributed by atoms with van der Waals surface area (Å²) in [6, 6.07) is 8.03. The monoisotopic (exact) mass is 275 g/mol. The number of fused-ring (bicyclic) bond motifs is 1. The van der Waals surface area contributed by atoms with Crippen molar-refractivity contribution in [3.05, 3.63) is 30.1 Å².